The smallest absolute Gasteiger partial charge is 0.283 e. The van der Waals surface area contributed by atoms with Gasteiger partial charge >= 0.3 is 0 Å². The van der Waals surface area contributed by atoms with E-state index in [4.69, 9.17) is 20.2 Å². The number of halogens is 1. The number of hydrogen-bond donors (Lipinski definition) is 2. The van der Waals surface area contributed by atoms with Gasteiger partial charge in [-0.3, -0.25) is 0 Å². The number of nitrogens with zero attached hydrogens (tertiary/aromatic N) is 2. The highest BCUT2D eigenvalue weighted by atomic mass is 79.9. The Morgan fingerprint density at radius 3 is 2.83 bits per heavy atom. The van der Waals surface area contributed by atoms with Gasteiger partial charge in [-0.05, 0) is 60.7 Å². The summed E-state index contributed by atoms with van der Waals surface area (Å²) in [7, 11) is 0. The van der Waals surface area contributed by atoms with Crippen LogP contribution >= 0.6 is 15.9 Å². The maximum Gasteiger partial charge on any atom is 0.283 e. The van der Waals surface area contributed by atoms with Crippen LogP contribution in [0.5, 0.6) is 5.75 Å². The lowest BCUT2D eigenvalue weighted by Crippen LogP contribution is -2.51. The Morgan fingerprint density at radius 1 is 1.21 bits per heavy atom. The van der Waals surface area contributed by atoms with Gasteiger partial charge in [-0.25, -0.2) is 4.99 Å². The molecule has 5 rings (SSSR count). The molecule has 6 nitrogen and oxygen atoms in total. The minimum absolute atomic E-state index is 0.00720. The van der Waals surface area contributed by atoms with E-state index in [1.54, 1.807) is 6.07 Å². The van der Waals surface area contributed by atoms with Crippen molar-refractivity contribution in [3.05, 3.63) is 52.0 Å². The molecule has 4 unspecified atom stereocenters. The van der Waals surface area contributed by atoms with Gasteiger partial charge in [-0.1, -0.05) is 22.0 Å². The Morgan fingerprint density at radius 2 is 2.07 bits per heavy atom. The zero-order valence-corrected chi connectivity index (χ0v) is 17.2. The van der Waals surface area contributed by atoms with Crippen LogP contribution in [-0.2, 0) is 10.3 Å². The van der Waals surface area contributed by atoms with Crippen LogP contribution in [0.4, 0.5) is 0 Å². The fourth-order valence-corrected chi connectivity index (χ4v) is 5.36. The van der Waals surface area contributed by atoms with Gasteiger partial charge in [0, 0.05) is 16.0 Å². The third-order valence-electron chi connectivity index (χ3n) is 6.21. The number of aliphatic imine (C=N–C) groups is 1. The number of fused-ring (bicyclic) bond motifs is 4. The molecule has 2 heterocycles. The molecule has 0 aromatic heterocycles. The fourth-order valence-electron chi connectivity index (χ4n) is 4.87. The highest BCUT2D eigenvalue weighted by Gasteiger charge is 2.55. The molecule has 29 heavy (non-hydrogen) atoms. The molecule has 0 bridgehead atoms. The summed E-state index contributed by atoms with van der Waals surface area (Å²) in [6.45, 7) is 0.342. The maximum atomic E-state index is 10.3. The maximum absolute atomic E-state index is 10.3. The van der Waals surface area contributed by atoms with Crippen LogP contribution in [-0.4, -0.2) is 29.9 Å². The van der Waals surface area contributed by atoms with E-state index in [2.05, 4.69) is 28.1 Å². The molecule has 2 aliphatic heterocycles. The average Bonchev–Trinajstić information content (AvgIpc) is 3.10. The first kappa shape index (κ1) is 18.5. The van der Waals surface area contributed by atoms with Gasteiger partial charge in [0.1, 0.15) is 24.0 Å². The summed E-state index contributed by atoms with van der Waals surface area (Å²) in [6, 6.07) is 14.0. The molecule has 3 aliphatic rings. The van der Waals surface area contributed by atoms with Gasteiger partial charge in [0.05, 0.1) is 17.7 Å². The van der Waals surface area contributed by atoms with E-state index in [1.165, 1.54) is 0 Å². The van der Waals surface area contributed by atoms with E-state index in [-0.39, 0.29) is 24.1 Å². The van der Waals surface area contributed by atoms with Crippen molar-refractivity contribution in [2.24, 2.45) is 16.6 Å². The van der Waals surface area contributed by atoms with Gasteiger partial charge < -0.3 is 20.3 Å². The molecule has 4 atom stereocenters. The SMILES string of the molecule is N#Cc1cc(Br)cc(-c2ccc3c(c2)C2(COC(N)=N2)C2CC(O)CCC2O3)c1. The van der Waals surface area contributed by atoms with E-state index in [1.807, 2.05) is 24.3 Å². The summed E-state index contributed by atoms with van der Waals surface area (Å²) in [5, 5.41) is 19.6. The van der Waals surface area contributed by atoms with Crippen LogP contribution in [0.2, 0.25) is 0 Å². The van der Waals surface area contributed by atoms with Crippen LogP contribution in [0.25, 0.3) is 11.1 Å². The van der Waals surface area contributed by atoms with Crippen LogP contribution in [0.3, 0.4) is 0 Å². The number of amidine groups is 1. The minimum Gasteiger partial charge on any atom is -0.490 e. The number of benzene rings is 2. The molecule has 7 heteroatoms. The summed E-state index contributed by atoms with van der Waals surface area (Å²) in [5.41, 5.74) is 8.67. The molecule has 3 N–H and O–H groups in total. The van der Waals surface area contributed by atoms with Crippen LogP contribution in [0, 0.1) is 17.2 Å². The second-order valence-electron chi connectivity index (χ2n) is 7.94. The van der Waals surface area contributed by atoms with Gasteiger partial charge in [-0.15, -0.1) is 0 Å². The number of hydrogen-bond acceptors (Lipinski definition) is 6. The molecule has 0 amide bonds. The third-order valence-corrected chi connectivity index (χ3v) is 6.66. The first-order valence-electron chi connectivity index (χ1n) is 9.67. The molecular weight excluding hydrogens is 434 g/mol. The van der Waals surface area contributed by atoms with Gasteiger partial charge in [0.15, 0.2) is 0 Å². The predicted octanol–water partition coefficient (Wildman–Crippen LogP) is 3.45. The Hall–Kier alpha value is -2.56. The number of aliphatic hydroxyl groups is 1. The Kier molecular flexibility index (Phi) is 4.30. The standard InChI is InChI=1S/C22H20BrN3O3/c23-15-6-12(10-24)5-14(7-15)13-1-3-19-17(8-13)22(11-28-21(25)26-22)18-9-16(27)2-4-20(18)29-19/h1,3,5-8,16,18,20,27H,2,4,9,11H2,(H2,25,26). The number of nitriles is 1. The number of ether oxygens (including phenoxy) is 2. The summed E-state index contributed by atoms with van der Waals surface area (Å²) < 4.78 is 12.8. The van der Waals surface area contributed by atoms with Crippen molar-refractivity contribution in [2.45, 2.75) is 37.0 Å². The first-order chi connectivity index (χ1) is 14.0. The normalized spacial score (nSPS) is 29.8. The van der Waals surface area contributed by atoms with Gasteiger partial charge in [0.25, 0.3) is 6.02 Å². The predicted molar refractivity (Wildman–Crippen MR) is 111 cm³/mol. The lowest BCUT2D eigenvalue weighted by atomic mass is 9.67. The average molecular weight is 454 g/mol. The van der Waals surface area contributed by atoms with E-state index in [0.717, 1.165) is 39.8 Å². The molecule has 148 valence electrons. The van der Waals surface area contributed by atoms with Crippen molar-refractivity contribution >= 4 is 22.0 Å². The summed E-state index contributed by atoms with van der Waals surface area (Å²) in [6.07, 6.45) is 1.71. The zero-order valence-electron chi connectivity index (χ0n) is 15.6. The fraction of sp³-hybridized carbons (Fsp3) is 0.364. The molecule has 1 aliphatic carbocycles. The van der Waals surface area contributed by atoms with Crippen molar-refractivity contribution in [3.63, 3.8) is 0 Å². The zero-order chi connectivity index (χ0) is 20.2. The van der Waals surface area contributed by atoms with Crippen LogP contribution in [0.1, 0.15) is 30.4 Å². The number of rotatable bonds is 1. The lowest BCUT2D eigenvalue weighted by Gasteiger charge is -2.47. The lowest BCUT2D eigenvalue weighted by molar-refractivity contribution is -0.0359. The van der Waals surface area contributed by atoms with E-state index in [9.17, 15) is 10.4 Å². The van der Waals surface area contributed by atoms with E-state index in [0.29, 0.717) is 18.6 Å². The summed E-state index contributed by atoms with van der Waals surface area (Å²) in [4.78, 5) is 4.75. The number of aliphatic hydroxyl groups excluding tert-OH is 1. The van der Waals surface area contributed by atoms with Crippen molar-refractivity contribution in [2.75, 3.05) is 6.61 Å². The molecule has 1 fully saturated rings. The topological polar surface area (TPSA) is 101 Å². The largest absolute Gasteiger partial charge is 0.490 e. The second kappa shape index (κ2) is 6.75. The Balaban J connectivity index is 1.66. The van der Waals surface area contributed by atoms with Crippen molar-refractivity contribution < 1.29 is 14.6 Å². The highest BCUT2D eigenvalue weighted by molar-refractivity contribution is 9.10. The van der Waals surface area contributed by atoms with Crippen molar-refractivity contribution in [1.29, 1.82) is 5.26 Å². The molecule has 1 saturated carbocycles. The van der Waals surface area contributed by atoms with E-state index >= 15 is 0 Å². The molecule has 0 radical (unpaired) electrons. The summed E-state index contributed by atoms with van der Waals surface area (Å²) >= 11 is 3.48. The first-order valence-corrected chi connectivity index (χ1v) is 10.5. The van der Waals surface area contributed by atoms with Crippen molar-refractivity contribution in [1.82, 2.24) is 0 Å². The number of nitrogens with two attached hydrogens (primary N) is 1. The molecule has 1 spiro atoms. The summed E-state index contributed by atoms with van der Waals surface area (Å²) in [5.74, 6) is 0.774. The second-order valence-corrected chi connectivity index (χ2v) is 8.86. The molecule has 2 aromatic rings. The molecule has 0 saturated heterocycles. The van der Waals surface area contributed by atoms with Crippen molar-refractivity contribution in [3.8, 4) is 22.9 Å². The van der Waals surface area contributed by atoms with Gasteiger partial charge in [-0.2, -0.15) is 5.26 Å². The minimum atomic E-state index is -0.663. The van der Waals surface area contributed by atoms with Gasteiger partial charge in [0.2, 0.25) is 0 Å². The monoisotopic (exact) mass is 453 g/mol. The molecule has 2 aromatic carbocycles. The third kappa shape index (κ3) is 2.98. The quantitative estimate of drug-likeness (QED) is 0.688. The van der Waals surface area contributed by atoms with Crippen LogP contribution < -0.4 is 10.5 Å². The Labute approximate surface area is 177 Å². The van der Waals surface area contributed by atoms with E-state index < -0.39 is 5.54 Å². The Bertz CT molecular complexity index is 1060. The van der Waals surface area contributed by atoms with Crippen LogP contribution in [0.15, 0.2) is 45.9 Å². The molecular formula is C22H20BrN3O3. The highest BCUT2D eigenvalue weighted by Crippen LogP contribution is 2.53.